The van der Waals surface area contributed by atoms with Crippen LogP contribution < -0.4 is 10.1 Å². The number of hydrogen-bond acceptors (Lipinski definition) is 4. The van der Waals surface area contributed by atoms with E-state index in [1.807, 2.05) is 0 Å². The molecular formula is C8H9ClN2O3. The number of methoxy groups -OCH3 is 1. The number of rotatable bonds is 3. The highest BCUT2D eigenvalue weighted by Crippen LogP contribution is 2.37. The number of hydrogen-bond donors (Lipinski definition) is 1. The summed E-state index contributed by atoms with van der Waals surface area (Å²) < 4.78 is 4.92. The van der Waals surface area contributed by atoms with E-state index in [4.69, 9.17) is 16.3 Å². The zero-order valence-electron chi connectivity index (χ0n) is 7.70. The third kappa shape index (κ3) is 1.88. The van der Waals surface area contributed by atoms with E-state index in [2.05, 4.69) is 5.32 Å². The summed E-state index contributed by atoms with van der Waals surface area (Å²) in [7, 11) is 3.01. The maximum absolute atomic E-state index is 10.6. The Balaban J connectivity index is 3.39. The van der Waals surface area contributed by atoms with Crippen LogP contribution >= 0.6 is 11.6 Å². The Labute approximate surface area is 85.8 Å². The van der Waals surface area contributed by atoms with Crippen LogP contribution in [-0.4, -0.2) is 19.1 Å². The van der Waals surface area contributed by atoms with Crippen LogP contribution in [0.15, 0.2) is 12.1 Å². The molecule has 1 aromatic carbocycles. The Morgan fingerprint density at radius 3 is 2.64 bits per heavy atom. The average Bonchev–Trinajstić information content (AvgIpc) is 2.16. The van der Waals surface area contributed by atoms with Gasteiger partial charge in [0, 0.05) is 18.1 Å². The van der Waals surface area contributed by atoms with Crippen LogP contribution in [-0.2, 0) is 0 Å². The SMILES string of the molecule is CNc1cc(Cl)cc([N+](=O)[O-])c1OC. The molecule has 1 N–H and O–H groups in total. The van der Waals surface area contributed by atoms with E-state index in [0.29, 0.717) is 10.7 Å². The number of nitrogens with zero attached hydrogens (tertiary/aromatic N) is 1. The molecule has 1 rings (SSSR count). The van der Waals surface area contributed by atoms with Gasteiger partial charge in [0.2, 0.25) is 5.75 Å². The first-order chi connectivity index (χ1) is 6.60. The maximum Gasteiger partial charge on any atom is 0.314 e. The Bertz CT molecular complexity index is 368. The topological polar surface area (TPSA) is 64.4 Å². The van der Waals surface area contributed by atoms with Crippen molar-refractivity contribution in [3.63, 3.8) is 0 Å². The molecule has 0 atom stereocenters. The molecule has 0 bridgehead atoms. The predicted octanol–water partition coefficient (Wildman–Crippen LogP) is 2.30. The van der Waals surface area contributed by atoms with Gasteiger partial charge in [-0.2, -0.15) is 0 Å². The summed E-state index contributed by atoms with van der Waals surface area (Å²) in [4.78, 5) is 10.1. The van der Waals surface area contributed by atoms with Crippen molar-refractivity contribution in [3.05, 3.63) is 27.3 Å². The zero-order valence-corrected chi connectivity index (χ0v) is 8.46. The van der Waals surface area contributed by atoms with Gasteiger partial charge in [-0.1, -0.05) is 11.6 Å². The summed E-state index contributed by atoms with van der Waals surface area (Å²) in [5.74, 6) is 0.182. The number of nitro benzene ring substituents is 1. The first kappa shape index (κ1) is 10.6. The van der Waals surface area contributed by atoms with Gasteiger partial charge >= 0.3 is 5.69 Å². The maximum atomic E-state index is 10.6. The summed E-state index contributed by atoms with van der Waals surface area (Å²) in [5.41, 5.74) is 0.344. The van der Waals surface area contributed by atoms with Crippen molar-refractivity contribution in [3.8, 4) is 5.75 Å². The molecule has 0 saturated carbocycles. The van der Waals surface area contributed by atoms with Crippen LogP contribution in [0.25, 0.3) is 0 Å². The van der Waals surface area contributed by atoms with E-state index in [1.165, 1.54) is 13.2 Å². The first-order valence-electron chi connectivity index (χ1n) is 3.79. The molecule has 6 heteroatoms. The van der Waals surface area contributed by atoms with Gasteiger partial charge in [-0.3, -0.25) is 10.1 Å². The van der Waals surface area contributed by atoms with Gasteiger partial charge < -0.3 is 10.1 Å². The van der Waals surface area contributed by atoms with Gasteiger partial charge in [0.15, 0.2) is 0 Å². The lowest BCUT2D eigenvalue weighted by molar-refractivity contribution is -0.385. The summed E-state index contributed by atoms with van der Waals surface area (Å²) in [6.07, 6.45) is 0. The lowest BCUT2D eigenvalue weighted by Crippen LogP contribution is -1.98. The van der Waals surface area contributed by atoms with Crippen molar-refractivity contribution in [2.75, 3.05) is 19.5 Å². The Kier molecular flexibility index (Phi) is 3.14. The van der Waals surface area contributed by atoms with Gasteiger partial charge in [-0.15, -0.1) is 0 Å². The van der Waals surface area contributed by atoms with Crippen molar-refractivity contribution in [2.45, 2.75) is 0 Å². The highest BCUT2D eigenvalue weighted by Gasteiger charge is 2.19. The number of benzene rings is 1. The third-order valence-electron chi connectivity index (χ3n) is 1.70. The van der Waals surface area contributed by atoms with Crippen LogP contribution in [0, 0.1) is 10.1 Å². The van der Waals surface area contributed by atoms with E-state index in [-0.39, 0.29) is 11.4 Å². The van der Waals surface area contributed by atoms with E-state index in [1.54, 1.807) is 13.1 Å². The van der Waals surface area contributed by atoms with Crippen LogP contribution in [0.2, 0.25) is 5.02 Å². The zero-order chi connectivity index (χ0) is 10.7. The van der Waals surface area contributed by atoms with Crippen LogP contribution in [0.4, 0.5) is 11.4 Å². The van der Waals surface area contributed by atoms with E-state index < -0.39 is 4.92 Å². The summed E-state index contributed by atoms with van der Waals surface area (Å²) in [6, 6.07) is 2.81. The molecule has 0 unspecified atom stereocenters. The van der Waals surface area contributed by atoms with Crippen molar-refractivity contribution in [1.29, 1.82) is 0 Å². The molecule has 76 valence electrons. The minimum Gasteiger partial charge on any atom is -0.489 e. The first-order valence-corrected chi connectivity index (χ1v) is 4.17. The van der Waals surface area contributed by atoms with Crippen molar-refractivity contribution in [1.82, 2.24) is 0 Å². The standard InChI is InChI=1S/C8H9ClN2O3/c1-10-6-3-5(9)4-7(11(12)13)8(6)14-2/h3-4,10H,1-2H3. The molecule has 1 aromatic rings. The summed E-state index contributed by atoms with van der Waals surface area (Å²) in [6.45, 7) is 0. The molecule has 14 heavy (non-hydrogen) atoms. The van der Waals surface area contributed by atoms with Crippen molar-refractivity contribution >= 4 is 23.0 Å². The fourth-order valence-corrected chi connectivity index (χ4v) is 1.33. The average molecular weight is 217 g/mol. The summed E-state index contributed by atoms with van der Waals surface area (Å²) >= 11 is 5.70. The largest absolute Gasteiger partial charge is 0.489 e. The van der Waals surface area contributed by atoms with Crippen LogP contribution in [0.5, 0.6) is 5.75 Å². The number of nitrogens with one attached hydrogen (secondary N) is 1. The van der Waals surface area contributed by atoms with Crippen LogP contribution in [0.1, 0.15) is 0 Å². The van der Waals surface area contributed by atoms with Gasteiger partial charge in [-0.25, -0.2) is 0 Å². The number of anilines is 1. The second-order valence-electron chi connectivity index (χ2n) is 2.51. The molecular weight excluding hydrogens is 208 g/mol. The predicted molar refractivity (Wildman–Crippen MR) is 54.2 cm³/mol. The Morgan fingerprint density at radius 1 is 1.57 bits per heavy atom. The minimum absolute atomic E-state index is 0.149. The fourth-order valence-electron chi connectivity index (χ4n) is 1.12. The fraction of sp³-hybridized carbons (Fsp3) is 0.250. The lowest BCUT2D eigenvalue weighted by atomic mass is 10.2. The van der Waals surface area contributed by atoms with Crippen molar-refractivity contribution in [2.24, 2.45) is 0 Å². The summed E-state index contributed by atoms with van der Waals surface area (Å²) in [5, 5.41) is 13.7. The number of ether oxygens (including phenoxy) is 1. The van der Waals surface area contributed by atoms with E-state index >= 15 is 0 Å². The Hall–Kier alpha value is -1.49. The molecule has 0 aliphatic heterocycles. The van der Waals surface area contributed by atoms with Gasteiger partial charge in [-0.05, 0) is 6.07 Å². The quantitative estimate of drug-likeness (QED) is 0.622. The molecule has 0 aromatic heterocycles. The second-order valence-corrected chi connectivity index (χ2v) is 2.95. The molecule has 0 spiro atoms. The molecule has 0 aliphatic rings. The molecule has 5 nitrogen and oxygen atoms in total. The normalized spacial score (nSPS) is 9.64. The highest BCUT2D eigenvalue weighted by atomic mass is 35.5. The van der Waals surface area contributed by atoms with Gasteiger partial charge in [0.25, 0.3) is 0 Å². The van der Waals surface area contributed by atoms with Gasteiger partial charge in [0.05, 0.1) is 17.7 Å². The van der Waals surface area contributed by atoms with Crippen LogP contribution in [0.3, 0.4) is 0 Å². The lowest BCUT2D eigenvalue weighted by Gasteiger charge is -2.08. The Morgan fingerprint density at radius 2 is 2.21 bits per heavy atom. The van der Waals surface area contributed by atoms with Gasteiger partial charge in [0.1, 0.15) is 0 Å². The molecule has 0 aliphatic carbocycles. The van der Waals surface area contributed by atoms with E-state index in [0.717, 1.165) is 0 Å². The van der Waals surface area contributed by atoms with Crippen molar-refractivity contribution < 1.29 is 9.66 Å². The molecule has 0 radical (unpaired) electrons. The molecule has 0 amide bonds. The minimum atomic E-state index is -0.536. The van der Waals surface area contributed by atoms with E-state index in [9.17, 15) is 10.1 Å². The third-order valence-corrected chi connectivity index (χ3v) is 1.92. The molecule has 0 fully saturated rings. The second kappa shape index (κ2) is 4.15. The smallest absolute Gasteiger partial charge is 0.314 e. The monoisotopic (exact) mass is 216 g/mol. The molecule has 0 saturated heterocycles. The highest BCUT2D eigenvalue weighted by molar-refractivity contribution is 6.31. The molecule has 0 heterocycles. The number of nitro groups is 1. The number of halogens is 1.